The molecule has 0 radical (unpaired) electrons. The number of nitrogens with two attached hydrogens (primary N) is 1. The second kappa shape index (κ2) is 8.22. The summed E-state index contributed by atoms with van der Waals surface area (Å²) in [5.41, 5.74) is 2.72. The van der Waals surface area contributed by atoms with Gasteiger partial charge in [0, 0.05) is 13.6 Å². The van der Waals surface area contributed by atoms with Gasteiger partial charge in [0.15, 0.2) is 11.4 Å². The van der Waals surface area contributed by atoms with Gasteiger partial charge >= 0.3 is 6.18 Å². The largest absolute Gasteiger partial charge is 0.435 e. The second-order valence-corrected chi connectivity index (χ2v) is 6.71. The van der Waals surface area contributed by atoms with Crippen molar-refractivity contribution in [2.45, 2.75) is 20.0 Å². The third kappa shape index (κ3) is 5.16. The van der Waals surface area contributed by atoms with Crippen molar-refractivity contribution in [1.29, 1.82) is 0 Å². The van der Waals surface area contributed by atoms with E-state index in [0.29, 0.717) is 4.68 Å². The fraction of sp³-hybridized carbons (Fsp3) is 0.438. The predicted octanol–water partition coefficient (Wildman–Crippen LogP) is 2.90. The molecule has 0 saturated carbocycles. The lowest BCUT2D eigenvalue weighted by atomic mass is 9.93. The molecule has 2 aromatic rings. The van der Waals surface area contributed by atoms with Gasteiger partial charge in [-0.25, -0.2) is 9.07 Å². The van der Waals surface area contributed by atoms with Crippen LogP contribution in [0.25, 0.3) is 5.69 Å². The zero-order valence-electron chi connectivity index (χ0n) is 14.9. The van der Waals surface area contributed by atoms with Crippen molar-refractivity contribution in [2.75, 3.05) is 20.1 Å². The fourth-order valence-corrected chi connectivity index (χ4v) is 2.43. The Morgan fingerprint density at radius 2 is 1.93 bits per heavy atom. The van der Waals surface area contributed by atoms with Crippen molar-refractivity contribution < 1.29 is 22.4 Å². The molecule has 0 unspecified atom stereocenters. The quantitative estimate of drug-likeness (QED) is 0.770. The van der Waals surface area contributed by atoms with Gasteiger partial charge in [-0.05, 0) is 30.2 Å². The Morgan fingerprint density at radius 3 is 2.44 bits per heavy atom. The Balaban J connectivity index is 0.00000364. The summed E-state index contributed by atoms with van der Waals surface area (Å²) < 4.78 is 54.5. The molecule has 0 aliphatic rings. The number of hydrogen-bond donors (Lipinski definition) is 1. The molecule has 0 aliphatic heterocycles. The van der Waals surface area contributed by atoms with Gasteiger partial charge in [-0.1, -0.05) is 25.1 Å². The molecule has 1 aromatic carbocycles. The molecule has 1 heterocycles. The van der Waals surface area contributed by atoms with Crippen molar-refractivity contribution in [3.63, 3.8) is 0 Å². The highest BCUT2D eigenvalue weighted by molar-refractivity contribution is 5.93. The molecule has 0 fully saturated rings. The molecule has 150 valence electrons. The average Bonchev–Trinajstić information content (AvgIpc) is 2.99. The minimum atomic E-state index is -4.91. The van der Waals surface area contributed by atoms with Crippen LogP contribution >= 0.6 is 12.4 Å². The predicted molar refractivity (Wildman–Crippen MR) is 93.4 cm³/mol. The zero-order chi connectivity index (χ0) is 19.7. The summed E-state index contributed by atoms with van der Waals surface area (Å²) in [6.45, 7) is 3.94. The first-order valence-corrected chi connectivity index (χ1v) is 7.70. The van der Waals surface area contributed by atoms with Crippen LogP contribution in [-0.4, -0.2) is 45.9 Å². The smallest absolute Gasteiger partial charge is 0.340 e. The summed E-state index contributed by atoms with van der Waals surface area (Å²) in [4.78, 5) is 13.6. The van der Waals surface area contributed by atoms with E-state index in [1.54, 1.807) is 13.8 Å². The minimum Gasteiger partial charge on any atom is -0.340 e. The number of carbonyl (C=O) groups excluding carboxylic acids is 1. The number of alkyl halides is 3. The molecule has 0 bridgehead atoms. The van der Waals surface area contributed by atoms with Crippen LogP contribution in [0.1, 0.15) is 30.0 Å². The summed E-state index contributed by atoms with van der Waals surface area (Å²) in [6.07, 6.45) is -4.91. The first kappa shape index (κ1) is 22.8. The van der Waals surface area contributed by atoms with Crippen LogP contribution < -0.4 is 5.73 Å². The highest BCUT2D eigenvalue weighted by atomic mass is 35.5. The van der Waals surface area contributed by atoms with Crippen molar-refractivity contribution in [2.24, 2.45) is 11.1 Å². The maximum Gasteiger partial charge on any atom is 0.435 e. The minimum absolute atomic E-state index is 0. The number of aromatic nitrogens is 3. The maximum atomic E-state index is 13.6. The fourth-order valence-electron chi connectivity index (χ4n) is 2.43. The van der Waals surface area contributed by atoms with E-state index >= 15 is 0 Å². The summed E-state index contributed by atoms with van der Waals surface area (Å²) in [7, 11) is 1.36. The van der Waals surface area contributed by atoms with E-state index < -0.39 is 34.7 Å². The summed E-state index contributed by atoms with van der Waals surface area (Å²) in [5.74, 6) is -1.68. The standard InChI is InChI=1S/C16H19F4N5O.ClH/c1-15(2,8-21)9-24(3)14(26)12-13(16(18,19)20)25(23-22-12)11-6-4-5-10(17)7-11;/h4-7H,8-9,21H2,1-3H3;1H. The van der Waals surface area contributed by atoms with Crippen LogP contribution in [0.2, 0.25) is 0 Å². The molecule has 2 rings (SSSR count). The van der Waals surface area contributed by atoms with Gasteiger partial charge in [0.25, 0.3) is 5.91 Å². The normalized spacial score (nSPS) is 11.9. The molecular weight excluding hydrogens is 390 g/mol. The lowest BCUT2D eigenvalue weighted by Gasteiger charge is -2.28. The number of halogens is 5. The molecule has 11 heteroatoms. The van der Waals surface area contributed by atoms with Crippen molar-refractivity contribution in [1.82, 2.24) is 19.9 Å². The van der Waals surface area contributed by atoms with Crippen LogP contribution in [0, 0.1) is 11.2 Å². The summed E-state index contributed by atoms with van der Waals surface area (Å²) >= 11 is 0. The molecular formula is C16H20ClF4N5O. The van der Waals surface area contributed by atoms with E-state index in [9.17, 15) is 22.4 Å². The molecule has 0 aliphatic carbocycles. The third-order valence-corrected chi connectivity index (χ3v) is 3.76. The monoisotopic (exact) mass is 409 g/mol. The Morgan fingerprint density at radius 1 is 1.30 bits per heavy atom. The van der Waals surface area contributed by atoms with Crippen molar-refractivity contribution in [3.8, 4) is 5.69 Å². The molecule has 6 nitrogen and oxygen atoms in total. The molecule has 2 N–H and O–H groups in total. The van der Waals surface area contributed by atoms with E-state index in [1.165, 1.54) is 19.2 Å². The van der Waals surface area contributed by atoms with E-state index in [4.69, 9.17) is 5.73 Å². The van der Waals surface area contributed by atoms with E-state index in [2.05, 4.69) is 10.3 Å². The first-order valence-electron chi connectivity index (χ1n) is 7.70. The van der Waals surface area contributed by atoms with Crippen LogP contribution in [0.4, 0.5) is 17.6 Å². The topological polar surface area (TPSA) is 77.0 Å². The number of nitrogens with zero attached hydrogens (tertiary/aromatic N) is 4. The van der Waals surface area contributed by atoms with Crippen molar-refractivity contribution >= 4 is 18.3 Å². The lowest BCUT2D eigenvalue weighted by molar-refractivity contribution is -0.143. The number of carbonyl (C=O) groups is 1. The number of hydrogen-bond acceptors (Lipinski definition) is 4. The Kier molecular flexibility index (Phi) is 6.95. The van der Waals surface area contributed by atoms with Crippen LogP contribution in [-0.2, 0) is 6.18 Å². The number of rotatable bonds is 5. The third-order valence-electron chi connectivity index (χ3n) is 3.76. The maximum absolute atomic E-state index is 13.6. The van der Waals surface area contributed by atoms with Crippen LogP contribution in [0.15, 0.2) is 24.3 Å². The molecule has 0 spiro atoms. The summed E-state index contributed by atoms with van der Waals surface area (Å²) in [6, 6.07) is 4.44. The Hall–Kier alpha value is -2.20. The molecule has 0 saturated heterocycles. The van der Waals surface area contributed by atoms with Crippen LogP contribution in [0.5, 0.6) is 0 Å². The van der Waals surface area contributed by atoms with E-state index in [-0.39, 0.29) is 31.2 Å². The Bertz CT molecular complexity index is 806. The summed E-state index contributed by atoms with van der Waals surface area (Å²) in [5, 5.41) is 6.84. The second-order valence-electron chi connectivity index (χ2n) is 6.71. The average molecular weight is 410 g/mol. The van der Waals surface area contributed by atoms with E-state index in [1.807, 2.05) is 0 Å². The number of amides is 1. The van der Waals surface area contributed by atoms with Gasteiger partial charge in [0.05, 0.1) is 5.69 Å². The Labute approximate surface area is 159 Å². The molecule has 1 amide bonds. The molecule has 27 heavy (non-hydrogen) atoms. The first-order chi connectivity index (χ1) is 12.0. The van der Waals surface area contributed by atoms with Gasteiger partial charge < -0.3 is 10.6 Å². The van der Waals surface area contributed by atoms with Gasteiger partial charge in [0.1, 0.15) is 5.82 Å². The van der Waals surface area contributed by atoms with E-state index in [0.717, 1.165) is 17.0 Å². The van der Waals surface area contributed by atoms with Gasteiger partial charge in [-0.3, -0.25) is 4.79 Å². The lowest BCUT2D eigenvalue weighted by Crippen LogP contribution is -2.40. The van der Waals surface area contributed by atoms with Gasteiger partial charge in [-0.2, -0.15) is 13.2 Å². The highest BCUT2D eigenvalue weighted by Crippen LogP contribution is 2.33. The van der Waals surface area contributed by atoms with Crippen LogP contribution in [0.3, 0.4) is 0 Å². The number of benzene rings is 1. The zero-order valence-corrected chi connectivity index (χ0v) is 15.7. The van der Waals surface area contributed by atoms with Gasteiger partial charge in [-0.15, -0.1) is 17.5 Å². The van der Waals surface area contributed by atoms with Crippen molar-refractivity contribution in [3.05, 3.63) is 41.5 Å². The molecule has 1 aromatic heterocycles. The van der Waals surface area contributed by atoms with Gasteiger partial charge in [0.2, 0.25) is 0 Å². The SMILES string of the molecule is CN(CC(C)(C)CN)C(=O)c1nnn(-c2cccc(F)c2)c1C(F)(F)F.Cl. The highest BCUT2D eigenvalue weighted by Gasteiger charge is 2.43. The molecule has 0 atom stereocenters.